The van der Waals surface area contributed by atoms with E-state index < -0.39 is 9.84 Å². The highest BCUT2D eigenvalue weighted by Crippen LogP contribution is 2.29. The van der Waals surface area contributed by atoms with Crippen molar-refractivity contribution in [2.45, 2.75) is 37.6 Å². The molecule has 6 heteroatoms. The average Bonchev–Trinajstić information content (AvgIpc) is 2.49. The molecule has 0 unspecified atom stereocenters. The van der Waals surface area contributed by atoms with Gasteiger partial charge in [0.15, 0.2) is 0 Å². The van der Waals surface area contributed by atoms with Crippen LogP contribution in [0.2, 0.25) is 0 Å². The summed E-state index contributed by atoms with van der Waals surface area (Å²) in [7, 11) is -3.01. The summed E-state index contributed by atoms with van der Waals surface area (Å²) in [4.78, 5) is 11.5. The summed E-state index contributed by atoms with van der Waals surface area (Å²) in [5.41, 5.74) is 5.67. The molecule has 3 N–H and O–H groups in total. The first kappa shape index (κ1) is 13.4. The number of nitrogens with one attached hydrogen (secondary N) is 1. The van der Waals surface area contributed by atoms with Crippen molar-refractivity contribution in [3.8, 4) is 0 Å². The SMILES string of the molecule is CS(=O)(=O)CCNC(=O)CC1(N)CCCC1. The van der Waals surface area contributed by atoms with Crippen molar-refractivity contribution in [2.75, 3.05) is 18.6 Å². The number of carbonyl (C=O) groups excluding carboxylic acids is 1. The van der Waals surface area contributed by atoms with E-state index in [2.05, 4.69) is 5.32 Å². The Hall–Kier alpha value is -0.620. The standard InChI is InChI=1S/C10H20N2O3S/c1-16(14,15)7-6-12-9(13)8-10(11)4-2-3-5-10/h2-8,11H2,1H3,(H,12,13). The molecule has 1 saturated carbocycles. The Bertz CT molecular complexity index is 345. The number of hydrogen-bond acceptors (Lipinski definition) is 4. The Labute approximate surface area is 96.7 Å². The van der Waals surface area contributed by atoms with Crippen LogP contribution < -0.4 is 11.1 Å². The Morgan fingerprint density at radius 1 is 1.38 bits per heavy atom. The summed E-state index contributed by atoms with van der Waals surface area (Å²) >= 11 is 0. The summed E-state index contributed by atoms with van der Waals surface area (Å²) in [5, 5.41) is 2.59. The number of carbonyl (C=O) groups is 1. The van der Waals surface area contributed by atoms with Crippen LogP contribution in [0.5, 0.6) is 0 Å². The lowest BCUT2D eigenvalue weighted by molar-refractivity contribution is -0.122. The molecule has 0 aromatic heterocycles. The van der Waals surface area contributed by atoms with Crippen LogP contribution in [0.4, 0.5) is 0 Å². The van der Waals surface area contributed by atoms with Crippen molar-refractivity contribution in [3.63, 3.8) is 0 Å². The van der Waals surface area contributed by atoms with Crippen molar-refractivity contribution in [1.82, 2.24) is 5.32 Å². The van der Waals surface area contributed by atoms with Crippen molar-refractivity contribution in [1.29, 1.82) is 0 Å². The normalized spacial score (nSPS) is 19.6. The van der Waals surface area contributed by atoms with E-state index in [1.165, 1.54) is 0 Å². The molecule has 0 radical (unpaired) electrons. The van der Waals surface area contributed by atoms with Gasteiger partial charge in [-0.3, -0.25) is 4.79 Å². The zero-order valence-electron chi connectivity index (χ0n) is 9.66. The number of nitrogens with two attached hydrogens (primary N) is 1. The van der Waals surface area contributed by atoms with Crippen LogP contribution in [0.3, 0.4) is 0 Å². The zero-order chi connectivity index (χ0) is 12.2. The maximum atomic E-state index is 11.5. The molecular formula is C10H20N2O3S. The Balaban J connectivity index is 2.26. The lowest BCUT2D eigenvalue weighted by Gasteiger charge is -2.22. The molecule has 0 aliphatic heterocycles. The third-order valence-electron chi connectivity index (χ3n) is 2.91. The molecule has 16 heavy (non-hydrogen) atoms. The second-order valence-corrected chi connectivity index (χ2v) is 6.99. The van der Waals surface area contributed by atoms with E-state index in [1.54, 1.807) is 0 Å². The molecule has 0 aromatic carbocycles. The summed E-state index contributed by atoms with van der Waals surface area (Å²) in [6.07, 6.45) is 5.37. The fourth-order valence-corrected chi connectivity index (χ4v) is 2.49. The monoisotopic (exact) mass is 248 g/mol. The van der Waals surface area contributed by atoms with Gasteiger partial charge < -0.3 is 11.1 Å². The molecule has 1 fully saturated rings. The van der Waals surface area contributed by atoms with E-state index >= 15 is 0 Å². The summed E-state index contributed by atoms with van der Waals surface area (Å²) in [5.74, 6) is -0.163. The topological polar surface area (TPSA) is 89.3 Å². The van der Waals surface area contributed by atoms with Crippen molar-refractivity contribution >= 4 is 15.7 Å². The Morgan fingerprint density at radius 2 is 1.94 bits per heavy atom. The lowest BCUT2D eigenvalue weighted by Crippen LogP contribution is -2.42. The van der Waals surface area contributed by atoms with E-state index in [-0.39, 0.29) is 23.7 Å². The second kappa shape index (κ2) is 5.14. The van der Waals surface area contributed by atoms with Gasteiger partial charge in [0.1, 0.15) is 9.84 Å². The van der Waals surface area contributed by atoms with Crippen LogP contribution in [0.1, 0.15) is 32.1 Å². The van der Waals surface area contributed by atoms with Gasteiger partial charge in [-0.2, -0.15) is 0 Å². The molecule has 1 amide bonds. The Morgan fingerprint density at radius 3 is 2.44 bits per heavy atom. The van der Waals surface area contributed by atoms with Gasteiger partial charge in [0.25, 0.3) is 0 Å². The number of rotatable bonds is 5. The van der Waals surface area contributed by atoms with Crippen LogP contribution >= 0.6 is 0 Å². The third kappa shape index (κ3) is 4.94. The maximum absolute atomic E-state index is 11.5. The third-order valence-corrected chi connectivity index (χ3v) is 3.85. The predicted octanol–water partition coefficient (Wildman–Crippen LogP) is -0.191. The van der Waals surface area contributed by atoms with Gasteiger partial charge in [-0.15, -0.1) is 0 Å². The molecule has 0 atom stereocenters. The highest BCUT2D eigenvalue weighted by Gasteiger charge is 2.31. The van der Waals surface area contributed by atoms with Crippen LogP contribution in [0.15, 0.2) is 0 Å². The fourth-order valence-electron chi connectivity index (χ4n) is 2.01. The summed E-state index contributed by atoms with van der Waals surface area (Å²) < 4.78 is 21.7. The van der Waals surface area contributed by atoms with Crippen LogP contribution in [0.25, 0.3) is 0 Å². The highest BCUT2D eigenvalue weighted by atomic mass is 32.2. The van der Waals surface area contributed by atoms with E-state index in [0.29, 0.717) is 6.42 Å². The van der Waals surface area contributed by atoms with Crippen molar-refractivity contribution < 1.29 is 13.2 Å². The van der Waals surface area contributed by atoms with Crippen LogP contribution in [0, 0.1) is 0 Å². The predicted molar refractivity (Wildman–Crippen MR) is 62.7 cm³/mol. The van der Waals surface area contributed by atoms with Crippen LogP contribution in [-0.4, -0.2) is 38.4 Å². The highest BCUT2D eigenvalue weighted by molar-refractivity contribution is 7.90. The van der Waals surface area contributed by atoms with E-state index in [4.69, 9.17) is 5.73 Å². The van der Waals surface area contributed by atoms with Gasteiger partial charge in [0, 0.05) is 24.8 Å². The van der Waals surface area contributed by atoms with E-state index in [0.717, 1.165) is 31.9 Å². The van der Waals surface area contributed by atoms with Crippen molar-refractivity contribution in [3.05, 3.63) is 0 Å². The number of sulfone groups is 1. The molecule has 0 spiro atoms. The fraction of sp³-hybridized carbons (Fsp3) is 0.900. The molecule has 1 aliphatic carbocycles. The van der Waals surface area contributed by atoms with Crippen LogP contribution in [-0.2, 0) is 14.6 Å². The molecule has 1 rings (SSSR count). The molecule has 1 aliphatic rings. The smallest absolute Gasteiger partial charge is 0.221 e. The first-order chi connectivity index (χ1) is 7.31. The Kier molecular flexibility index (Phi) is 4.32. The number of hydrogen-bond donors (Lipinski definition) is 2. The summed E-state index contributed by atoms with van der Waals surface area (Å²) in [6, 6.07) is 0. The zero-order valence-corrected chi connectivity index (χ0v) is 10.5. The number of amides is 1. The average molecular weight is 248 g/mol. The molecule has 0 heterocycles. The maximum Gasteiger partial charge on any atom is 0.221 e. The first-order valence-corrected chi connectivity index (χ1v) is 7.60. The minimum atomic E-state index is -3.01. The second-order valence-electron chi connectivity index (χ2n) is 4.73. The molecule has 0 bridgehead atoms. The molecule has 5 nitrogen and oxygen atoms in total. The first-order valence-electron chi connectivity index (χ1n) is 5.54. The molecule has 0 saturated heterocycles. The van der Waals surface area contributed by atoms with Gasteiger partial charge in [-0.05, 0) is 12.8 Å². The minimum absolute atomic E-state index is 0.0175. The molecular weight excluding hydrogens is 228 g/mol. The summed E-state index contributed by atoms with van der Waals surface area (Å²) in [6.45, 7) is 0.174. The molecule has 0 aromatic rings. The largest absolute Gasteiger partial charge is 0.355 e. The van der Waals surface area contributed by atoms with Crippen molar-refractivity contribution in [2.24, 2.45) is 5.73 Å². The van der Waals surface area contributed by atoms with Gasteiger partial charge in [0.05, 0.1) is 5.75 Å². The van der Waals surface area contributed by atoms with E-state index in [1.807, 2.05) is 0 Å². The van der Waals surface area contributed by atoms with Gasteiger partial charge >= 0.3 is 0 Å². The molecule has 94 valence electrons. The van der Waals surface area contributed by atoms with Gasteiger partial charge in [-0.1, -0.05) is 12.8 Å². The van der Waals surface area contributed by atoms with Gasteiger partial charge in [-0.25, -0.2) is 8.42 Å². The lowest BCUT2D eigenvalue weighted by atomic mass is 9.94. The minimum Gasteiger partial charge on any atom is -0.355 e. The van der Waals surface area contributed by atoms with E-state index in [9.17, 15) is 13.2 Å². The quantitative estimate of drug-likeness (QED) is 0.705. The van der Waals surface area contributed by atoms with Gasteiger partial charge in [0.2, 0.25) is 5.91 Å².